The number of rotatable bonds is 5. The number of amides is 1. The molecule has 2 aromatic rings. The van der Waals surface area contributed by atoms with Crippen LogP contribution in [-0.4, -0.2) is 27.1 Å². The third kappa shape index (κ3) is 4.37. The van der Waals surface area contributed by atoms with Gasteiger partial charge in [0.1, 0.15) is 5.01 Å². The van der Waals surface area contributed by atoms with E-state index in [1.54, 1.807) is 24.3 Å². The van der Waals surface area contributed by atoms with Crippen LogP contribution in [-0.2, 0) is 4.79 Å². The molecule has 7 heteroatoms. The molecule has 1 aromatic heterocycles. The van der Waals surface area contributed by atoms with E-state index in [9.17, 15) is 9.59 Å². The van der Waals surface area contributed by atoms with E-state index in [4.69, 9.17) is 0 Å². The molecular formula is C14H15N3O2S2. The summed E-state index contributed by atoms with van der Waals surface area (Å²) >= 11 is 2.89. The quantitative estimate of drug-likeness (QED) is 0.676. The number of thioether (sulfide) groups is 1. The highest BCUT2D eigenvalue weighted by Crippen LogP contribution is 2.28. The Balaban J connectivity index is 2.03. The lowest BCUT2D eigenvalue weighted by Crippen LogP contribution is -2.13. The smallest absolute Gasteiger partial charge is 0.221 e. The van der Waals surface area contributed by atoms with Crippen LogP contribution < -0.4 is 5.32 Å². The van der Waals surface area contributed by atoms with Gasteiger partial charge in [0.15, 0.2) is 10.1 Å². The summed E-state index contributed by atoms with van der Waals surface area (Å²) in [5.41, 5.74) is 1.30. The average molecular weight is 321 g/mol. The van der Waals surface area contributed by atoms with Crippen LogP contribution in [0.25, 0.3) is 0 Å². The maximum Gasteiger partial charge on any atom is 0.221 e. The maximum absolute atomic E-state index is 12.3. The molecule has 21 heavy (non-hydrogen) atoms. The standard InChI is InChI=1S/C14H15N3O2S2/c1-8(20-14-17-16-10(3)21-14)13(19)11-4-6-12(7-5-11)15-9(2)18/h4-8H,1-3H3,(H,15,18). The van der Waals surface area contributed by atoms with Gasteiger partial charge >= 0.3 is 0 Å². The minimum atomic E-state index is -0.232. The first kappa shape index (κ1) is 15.7. The fourth-order valence-corrected chi connectivity index (χ4v) is 3.72. The molecule has 1 aromatic carbocycles. The summed E-state index contributed by atoms with van der Waals surface area (Å²) in [6.07, 6.45) is 0. The largest absolute Gasteiger partial charge is 0.326 e. The van der Waals surface area contributed by atoms with E-state index in [2.05, 4.69) is 15.5 Å². The van der Waals surface area contributed by atoms with Crippen molar-refractivity contribution < 1.29 is 9.59 Å². The first-order chi connectivity index (χ1) is 9.95. The van der Waals surface area contributed by atoms with Crippen molar-refractivity contribution in [3.05, 3.63) is 34.8 Å². The number of hydrogen-bond acceptors (Lipinski definition) is 6. The van der Waals surface area contributed by atoms with Crippen LogP contribution in [0.3, 0.4) is 0 Å². The third-order valence-corrected chi connectivity index (χ3v) is 4.67. The maximum atomic E-state index is 12.3. The minimum absolute atomic E-state index is 0.0298. The van der Waals surface area contributed by atoms with E-state index >= 15 is 0 Å². The molecule has 0 radical (unpaired) electrons. The van der Waals surface area contributed by atoms with E-state index in [1.165, 1.54) is 30.0 Å². The fraction of sp³-hybridized carbons (Fsp3) is 0.286. The Hall–Kier alpha value is -1.73. The Labute approximate surface area is 131 Å². The first-order valence-electron chi connectivity index (χ1n) is 6.34. The van der Waals surface area contributed by atoms with Crippen molar-refractivity contribution in [3.63, 3.8) is 0 Å². The number of aryl methyl sites for hydroxylation is 1. The van der Waals surface area contributed by atoms with Gasteiger partial charge < -0.3 is 5.32 Å². The molecule has 0 saturated carbocycles. The normalized spacial score (nSPS) is 12.0. The number of benzene rings is 1. The average Bonchev–Trinajstić information content (AvgIpc) is 2.83. The second kappa shape index (κ2) is 6.82. The van der Waals surface area contributed by atoms with Crippen molar-refractivity contribution in [3.8, 4) is 0 Å². The molecule has 0 aliphatic carbocycles. The Morgan fingerprint density at radius 2 is 1.90 bits per heavy atom. The summed E-state index contributed by atoms with van der Waals surface area (Å²) in [5.74, 6) is -0.105. The molecule has 0 bridgehead atoms. The van der Waals surface area contributed by atoms with Gasteiger partial charge in [-0.05, 0) is 38.1 Å². The number of nitrogens with zero attached hydrogens (tertiary/aromatic N) is 2. The zero-order chi connectivity index (χ0) is 15.4. The number of anilines is 1. The number of carbonyl (C=O) groups excluding carboxylic acids is 2. The third-order valence-electron chi connectivity index (χ3n) is 2.64. The molecule has 110 valence electrons. The number of aromatic nitrogens is 2. The van der Waals surface area contributed by atoms with Gasteiger partial charge in [-0.1, -0.05) is 23.1 Å². The number of Topliss-reactive ketones (excluding diaryl/α,β-unsaturated/α-hetero) is 1. The molecule has 1 N–H and O–H groups in total. The van der Waals surface area contributed by atoms with Crippen molar-refractivity contribution >= 4 is 40.5 Å². The predicted molar refractivity (Wildman–Crippen MR) is 85.0 cm³/mol. The van der Waals surface area contributed by atoms with E-state index in [1.807, 2.05) is 13.8 Å². The molecule has 0 fully saturated rings. The van der Waals surface area contributed by atoms with Crippen LogP contribution in [0.1, 0.15) is 29.2 Å². The molecule has 1 amide bonds. The highest BCUT2D eigenvalue weighted by Gasteiger charge is 2.18. The zero-order valence-electron chi connectivity index (χ0n) is 11.9. The monoisotopic (exact) mass is 321 g/mol. The first-order valence-corrected chi connectivity index (χ1v) is 8.04. The number of ketones is 1. The molecule has 0 spiro atoms. The molecule has 2 rings (SSSR count). The van der Waals surface area contributed by atoms with Gasteiger partial charge in [0.05, 0.1) is 5.25 Å². The van der Waals surface area contributed by atoms with Crippen LogP contribution in [0.2, 0.25) is 0 Å². The Kier molecular flexibility index (Phi) is 5.08. The lowest BCUT2D eigenvalue weighted by Gasteiger charge is -2.09. The van der Waals surface area contributed by atoms with Gasteiger partial charge in [-0.2, -0.15) is 0 Å². The van der Waals surface area contributed by atoms with Crippen molar-refractivity contribution in [1.82, 2.24) is 10.2 Å². The van der Waals surface area contributed by atoms with E-state index in [-0.39, 0.29) is 16.9 Å². The fourth-order valence-electron chi connectivity index (χ4n) is 1.69. The molecule has 1 atom stereocenters. The molecule has 1 unspecified atom stereocenters. The molecule has 1 heterocycles. The van der Waals surface area contributed by atoms with Crippen LogP contribution in [0.5, 0.6) is 0 Å². The van der Waals surface area contributed by atoms with Crippen LogP contribution in [0.15, 0.2) is 28.6 Å². The highest BCUT2D eigenvalue weighted by atomic mass is 32.2. The summed E-state index contributed by atoms with van der Waals surface area (Å²) in [7, 11) is 0. The van der Waals surface area contributed by atoms with Crippen molar-refractivity contribution in [1.29, 1.82) is 0 Å². The Morgan fingerprint density at radius 1 is 1.24 bits per heavy atom. The molecule has 0 saturated heterocycles. The van der Waals surface area contributed by atoms with E-state index in [0.29, 0.717) is 11.3 Å². The molecule has 5 nitrogen and oxygen atoms in total. The Morgan fingerprint density at radius 3 is 2.43 bits per heavy atom. The topological polar surface area (TPSA) is 72.0 Å². The summed E-state index contributed by atoms with van der Waals surface area (Å²) < 4.78 is 0.795. The second-order valence-electron chi connectivity index (χ2n) is 4.47. The van der Waals surface area contributed by atoms with Crippen molar-refractivity contribution in [2.45, 2.75) is 30.4 Å². The predicted octanol–water partition coefficient (Wildman–Crippen LogP) is 3.17. The summed E-state index contributed by atoms with van der Waals surface area (Å²) in [6.45, 7) is 5.18. The number of carbonyl (C=O) groups is 2. The van der Waals surface area contributed by atoms with Gasteiger partial charge in [-0.25, -0.2) is 0 Å². The van der Waals surface area contributed by atoms with Gasteiger partial charge in [0.2, 0.25) is 5.91 Å². The summed E-state index contributed by atoms with van der Waals surface area (Å²) in [6, 6.07) is 6.88. The van der Waals surface area contributed by atoms with Crippen LogP contribution in [0.4, 0.5) is 5.69 Å². The molecular weight excluding hydrogens is 306 g/mol. The molecule has 0 aliphatic heterocycles. The molecule has 0 aliphatic rings. The summed E-state index contributed by atoms with van der Waals surface area (Å²) in [4.78, 5) is 23.3. The van der Waals surface area contributed by atoms with Gasteiger partial charge in [0, 0.05) is 18.2 Å². The van der Waals surface area contributed by atoms with E-state index in [0.717, 1.165) is 9.35 Å². The lowest BCUT2D eigenvalue weighted by atomic mass is 10.1. The lowest BCUT2D eigenvalue weighted by molar-refractivity contribution is -0.114. The van der Waals surface area contributed by atoms with Gasteiger partial charge in [0.25, 0.3) is 0 Å². The highest BCUT2D eigenvalue weighted by molar-refractivity contribution is 8.02. The van der Waals surface area contributed by atoms with Crippen molar-refractivity contribution in [2.75, 3.05) is 5.32 Å². The van der Waals surface area contributed by atoms with Crippen LogP contribution in [0, 0.1) is 6.92 Å². The minimum Gasteiger partial charge on any atom is -0.326 e. The number of hydrogen-bond donors (Lipinski definition) is 1. The summed E-state index contributed by atoms with van der Waals surface area (Å²) in [5, 5.41) is 11.3. The van der Waals surface area contributed by atoms with Crippen molar-refractivity contribution in [2.24, 2.45) is 0 Å². The SMILES string of the molecule is CC(=O)Nc1ccc(C(=O)C(C)Sc2nnc(C)s2)cc1. The van der Waals surface area contributed by atoms with Gasteiger partial charge in [-0.3, -0.25) is 9.59 Å². The Bertz CT molecular complexity index is 652. The zero-order valence-corrected chi connectivity index (χ0v) is 13.5. The van der Waals surface area contributed by atoms with E-state index < -0.39 is 0 Å². The number of nitrogens with one attached hydrogen (secondary N) is 1. The second-order valence-corrected chi connectivity index (χ2v) is 7.24. The van der Waals surface area contributed by atoms with Gasteiger partial charge in [-0.15, -0.1) is 10.2 Å². The van der Waals surface area contributed by atoms with Crippen LogP contribution >= 0.6 is 23.1 Å².